The third-order valence-corrected chi connectivity index (χ3v) is 3.48. The van der Waals surface area contributed by atoms with E-state index in [1.807, 2.05) is 6.92 Å². The summed E-state index contributed by atoms with van der Waals surface area (Å²) in [5.74, 6) is -0.597. The van der Waals surface area contributed by atoms with Crippen molar-refractivity contribution >= 4 is 33.2 Å². The van der Waals surface area contributed by atoms with Crippen molar-refractivity contribution in [2.45, 2.75) is 6.92 Å². The number of phenols is 1. The van der Waals surface area contributed by atoms with E-state index >= 15 is 0 Å². The lowest BCUT2D eigenvalue weighted by Crippen LogP contribution is -2.12. The number of amides is 1. The van der Waals surface area contributed by atoms with Crippen LogP contribution >= 0.6 is 15.9 Å². The number of nitro benzene ring substituents is 1. The first-order valence-electron chi connectivity index (χ1n) is 5.93. The number of carbonyl (C=O) groups is 1. The van der Waals surface area contributed by atoms with Gasteiger partial charge in [0.1, 0.15) is 5.75 Å². The second-order valence-corrected chi connectivity index (χ2v) is 5.25. The van der Waals surface area contributed by atoms with Crippen LogP contribution in [-0.4, -0.2) is 15.9 Å². The van der Waals surface area contributed by atoms with Crippen molar-refractivity contribution < 1.29 is 14.8 Å². The smallest absolute Gasteiger partial charge is 0.284 e. The third-order valence-electron chi connectivity index (χ3n) is 2.81. The molecule has 0 radical (unpaired) electrons. The van der Waals surface area contributed by atoms with Gasteiger partial charge in [-0.25, -0.2) is 0 Å². The predicted molar refractivity (Wildman–Crippen MR) is 81.6 cm³/mol. The lowest BCUT2D eigenvalue weighted by atomic mass is 10.1. The molecule has 108 valence electrons. The molecular weight excluding hydrogens is 340 g/mol. The summed E-state index contributed by atoms with van der Waals surface area (Å²) in [5, 5.41) is 23.1. The second-order valence-electron chi connectivity index (χ2n) is 4.40. The van der Waals surface area contributed by atoms with Crippen molar-refractivity contribution in [2.75, 3.05) is 5.32 Å². The molecule has 7 heteroatoms. The van der Waals surface area contributed by atoms with Gasteiger partial charge in [0.25, 0.3) is 11.6 Å². The maximum atomic E-state index is 12.1. The SMILES string of the molecule is Cc1ccc(NC(=O)c2ccc(Br)c([N+](=O)[O-])c2)c(O)c1. The molecule has 0 aliphatic rings. The van der Waals surface area contributed by atoms with Crippen LogP contribution in [0.3, 0.4) is 0 Å². The Balaban J connectivity index is 2.28. The fraction of sp³-hybridized carbons (Fsp3) is 0.0714. The monoisotopic (exact) mass is 350 g/mol. The molecule has 0 aliphatic heterocycles. The number of rotatable bonds is 3. The number of carbonyl (C=O) groups excluding carboxylic acids is 1. The van der Waals surface area contributed by atoms with Gasteiger partial charge < -0.3 is 10.4 Å². The Morgan fingerprint density at radius 1 is 1.29 bits per heavy atom. The zero-order valence-electron chi connectivity index (χ0n) is 11.0. The maximum Gasteiger partial charge on any atom is 0.284 e. The van der Waals surface area contributed by atoms with Gasteiger partial charge in [0.2, 0.25) is 0 Å². The van der Waals surface area contributed by atoms with Crippen LogP contribution in [0.15, 0.2) is 40.9 Å². The Kier molecular flexibility index (Phi) is 4.23. The Bertz CT molecular complexity index is 731. The summed E-state index contributed by atoms with van der Waals surface area (Å²) in [6.45, 7) is 1.81. The molecule has 0 bridgehead atoms. The van der Waals surface area contributed by atoms with Crippen LogP contribution in [-0.2, 0) is 0 Å². The Morgan fingerprint density at radius 2 is 2.00 bits per heavy atom. The Labute approximate surface area is 128 Å². The lowest BCUT2D eigenvalue weighted by Gasteiger charge is -2.08. The van der Waals surface area contributed by atoms with E-state index in [2.05, 4.69) is 21.2 Å². The van der Waals surface area contributed by atoms with E-state index < -0.39 is 10.8 Å². The van der Waals surface area contributed by atoms with E-state index in [0.717, 1.165) is 5.56 Å². The highest BCUT2D eigenvalue weighted by molar-refractivity contribution is 9.10. The average Bonchev–Trinajstić information content (AvgIpc) is 2.42. The number of hydrogen-bond donors (Lipinski definition) is 2. The van der Waals surface area contributed by atoms with Crippen LogP contribution in [0.5, 0.6) is 5.75 Å². The highest BCUT2D eigenvalue weighted by Gasteiger charge is 2.16. The molecule has 0 spiro atoms. The number of anilines is 1. The maximum absolute atomic E-state index is 12.1. The topological polar surface area (TPSA) is 92.5 Å². The Morgan fingerprint density at radius 3 is 2.62 bits per heavy atom. The summed E-state index contributed by atoms with van der Waals surface area (Å²) in [5.41, 5.74) is 1.03. The van der Waals surface area contributed by atoms with Crippen molar-refractivity contribution in [3.63, 3.8) is 0 Å². The number of nitrogens with one attached hydrogen (secondary N) is 1. The summed E-state index contributed by atoms with van der Waals surface area (Å²) in [6.07, 6.45) is 0. The molecule has 2 aromatic carbocycles. The molecule has 0 fully saturated rings. The molecule has 1 amide bonds. The fourth-order valence-electron chi connectivity index (χ4n) is 1.74. The number of hydrogen-bond acceptors (Lipinski definition) is 4. The normalized spacial score (nSPS) is 10.2. The number of phenolic OH excluding ortho intramolecular Hbond substituents is 1. The molecule has 6 nitrogen and oxygen atoms in total. The van der Waals surface area contributed by atoms with E-state index in [1.165, 1.54) is 24.3 Å². The number of benzene rings is 2. The molecule has 0 aliphatic carbocycles. The van der Waals surface area contributed by atoms with Crippen LogP contribution in [0, 0.1) is 17.0 Å². The minimum absolute atomic E-state index is 0.0602. The number of nitrogens with zero attached hydrogens (tertiary/aromatic N) is 1. The van der Waals surface area contributed by atoms with E-state index in [1.54, 1.807) is 12.1 Å². The van der Waals surface area contributed by atoms with E-state index in [-0.39, 0.29) is 22.7 Å². The number of aromatic hydroxyl groups is 1. The first-order valence-corrected chi connectivity index (χ1v) is 6.72. The van der Waals surface area contributed by atoms with Gasteiger partial charge in [-0.1, -0.05) is 6.07 Å². The van der Waals surface area contributed by atoms with Gasteiger partial charge in [0.05, 0.1) is 15.1 Å². The first kappa shape index (κ1) is 15.0. The predicted octanol–water partition coefficient (Wildman–Crippen LogP) is 3.62. The summed E-state index contributed by atoms with van der Waals surface area (Å²) in [6, 6.07) is 8.87. The largest absolute Gasteiger partial charge is 0.506 e. The van der Waals surface area contributed by atoms with Gasteiger partial charge in [-0.05, 0) is 52.7 Å². The molecule has 2 rings (SSSR count). The van der Waals surface area contributed by atoms with Gasteiger partial charge in [-0.3, -0.25) is 14.9 Å². The zero-order chi connectivity index (χ0) is 15.6. The summed E-state index contributed by atoms with van der Waals surface area (Å²) < 4.78 is 0.294. The van der Waals surface area contributed by atoms with Crippen LogP contribution in [0.25, 0.3) is 0 Å². The molecule has 0 aromatic heterocycles. The molecular formula is C14H11BrN2O4. The summed E-state index contributed by atoms with van der Waals surface area (Å²) in [7, 11) is 0. The molecule has 0 saturated heterocycles. The van der Waals surface area contributed by atoms with E-state index in [0.29, 0.717) is 4.47 Å². The quantitative estimate of drug-likeness (QED) is 0.502. The second kappa shape index (κ2) is 5.92. The molecule has 21 heavy (non-hydrogen) atoms. The third kappa shape index (κ3) is 3.38. The minimum Gasteiger partial charge on any atom is -0.506 e. The Hall–Kier alpha value is -2.41. The van der Waals surface area contributed by atoms with Crippen LogP contribution < -0.4 is 5.32 Å². The summed E-state index contributed by atoms with van der Waals surface area (Å²) >= 11 is 3.05. The van der Waals surface area contributed by atoms with Crippen LogP contribution in [0.2, 0.25) is 0 Å². The molecule has 2 aromatic rings. The lowest BCUT2D eigenvalue weighted by molar-refractivity contribution is -0.385. The minimum atomic E-state index is -0.579. The van der Waals surface area contributed by atoms with Gasteiger partial charge in [0, 0.05) is 11.6 Å². The molecule has 0 atom stereocenters. The molecule has 0 saturated carbocycles. The highest BCUT2D eigenvalue weighted by Crippen LogP contribution is 2.27. The number of nitro groups is 1. The van der Waals surface area contributed by atoms with Crippen molar-refractivity contribution in [1.29, 1.82) is 0 Å². The van der Waals surface area contributed by atoms with Crippen molar-refractivity contribution in [3.8, 4) is 5.75 Å². The highest BCUT2D eigenvalue weighted by atomic mass is 79.9. The fourth-order valence-corrected chi connectivity index (χ4v) is 2.13. The van der Waals surface area contributed by atoms with E-state index in [4.69, 9.17) is 0 Å². The average molecular weight is 351 g/mol. The number of halogens is 1. The van der Waals surface area contributed by atoms with Crippen molar-refractivity contribution in [1.82, 2.24) is 0 Å². The number of aryl methyl sites for hydroxylation is 1. The van der Waals surface area contributed by atoms with Gasteiger partial charge >= 0.3 is 0 Å². The zero-order valence-corrected chi connectivity index (χ0v) is 12.5. The standard InChI is InChI=1S/C14H11BrN2O4/c1-8-2-5-11(13(18)6-8)16-14(19)9-3-4-10(15)12(7-9)17(20)21/h2-7,18H,1H3,(H,16,19). The van der Waals surface area contributed by atoms with Crippen LogP contribution in [0.4, 0.5) is 11.4 Å². The molecule has 0 unspecified atom stereocenters. The van der Waals surface area contributed by atoms with Crippen LogP contribution in [0.1, 0.15) is 15.9 Å². The summed E-state index contributed by atoms with van der Waals surface area (Å²) in [4.78, 5) is 22.3. The van der Waals surface area contributed by atoms with E-state index in [9.17, 15) is 20.0 Å². The van der Waals surface area contributed by atoms with Gasteiger partial charge in [-0.2, -0.15) is 0 Å². The first-order chi connectivity index (χ1) is 9.88. The molecule has 2 N–H and O–H groups in total. The molecule has 0 heterocycles. The van der Waals surface area contributed by atoms with Gasteiger partial charge in [-0.15, -0.1) is 0 Å². The van der Waals surface area contributed by atoms with Crippen molar-refractivity contribution in [2.24, 2.45) is 0 Å². The van der Waals surface area contributed by atoms with Gasteiger partial charge in [0.15, 0.2) is 0 Å². The van der Waals surface area contributed by atoms with Crippen molar-refractivity contribution in [3.05, 3.63) is 62.1 Å².